The van der Waals surface area contributed by atoms with Crippen molar-refractivity contribution in [1.82, 2.24) is 0 Å². The number of rotatable bonds is 4. The number of halogens is 1. The highest BCUT2D eigenvalue weighted by molar-refractivity contribution is 5.89. The van der Waals surface area contributed by atoms with Gasteiger partial charge in [-0.1, -0.05) is 12.1 Å². The Kier molecular flexibility index (Phi) is 6.64. The molecule has 1 unspecified atom stereocenters. The van der Waals surface area contributed by atoms with Crippen LogP contribution in [0.2, 0.25) is 0 Å². The number of anilines is 1. The van der Waals surface area contributed by atoms with E-state index in [2.05, 4.69) is 0 Å². The second kappa shape index (κ2) is 8.72. The second-order valence-electron chi connectivity index (χ2n) is 6.03. The third-order valence-corrected chi connectivity index (χ3v) is 4.41. The van der Waals surface area contributed by atoms with E-state index in [1.165, 1.54) is 0 Å². The number of esters is 2. The van der Waals surface area contributed by atoms with Gasteiger partial charge < -0.3 is 15.2 Å². The lowest BCUT2D eigenvalue weighted by molar-refractivity contribution is -0.136. The molecule has 138 valence electrons. The molecule has 0 saturated carbocycles. The fraction of sp³-hybridized carbons (Fsp3) is 0.300. The van der Waals surface area contributed by atoms with E-state index in [4.69, 9.17) is 15.2 Å². The first-order chi connectivity index (χ1) is 12.1. The number of benzene rings is 2. The summed E-state index contributed by atoms with van der Waals surface area (Å²) < 4.78 is 10.4. The molecule has 2 aromatic rings. The lowest BCUT2D eigenvalue weighted by Gasteiger charge is -2.25. The maximum Gasteiger partial charge on any atom is 0.338 e. The Balaban J connectivity index is 0.00000243. The molecule has 3 rings (SSSR count). The van der Waals surface area contributed by atoms with Crippen LogP contribution in [0.4, 0.5) is 5.69 Å². The van der Waals surface area contributed by atoms with Crippen LogP contribution in [0.25, 0.3) is 0 Å². The lowest BCUT2D eigenvalue weighted by atomic mass is 9.82. The maximum absolute atomic E-state index is 12.6. The highest BCUT2D eigenvalue weighted by Crippen LogP contribution is 2.35. The summed E-state index contributed by atoms with van der Waals surface area (Å²) in [4.78, 5) is 24.3. The number of ether oxygens (including phenoxy) is 2. The molecular formula is C20H22ClNO4. The molecule has 0 aliphatic heterocycles. The number of carbonyl (C=O) groups excluding carboxylic acids is 2. The first-order valence-corrected chi connectivity index (χ1v) is 8.46. The average Bonchev–Trinajstić information content (AvgIpc) is 2.62. The zero-order chi connectivity index (χ0) is 17.8. The molecule has 0 aromatic heterocycles. The van der Waals surface area contributed by atoms with Gasteiger partial charge in [0.05, 0.1) is 18.1 Å². The van der Waals surface area contributed by atoms with Gasteiger partial charge in [0.2, 0.25) is 0 Å². The summed E-state index contributed by atoms with van der Waals surface area (Å²) in [5, 5.41) is 0. The van der Waals surface area contributed by atoms with Crippen molar-refractivity contribution < 1.29 is 19.1 Å². The highest BCUT2D eigenvalue weighted by Gasteiger charge is 2.29. The number of fused-ring (bicyclic) bond motifs is 1. The molecule has 0 saturated heterocycles. The van der Waals surface area contributed by atoms with Gasteiger partial charge in [0.1, 0.15) is 5.75 Å². The molecule has 5 nitrogen and oxygen atoms in total. The van der Waals surface area contributed by atoms with Crippen molar-refractivity contribution >= 4 is 30.0 Å². The van der Waals surface area contributed by atoms with E-state index in [0.717, 1.165) is 36.1 Å². The highest BCUT2D eigenvalue weighted by atomic mass is 35.5. The third-order valence-electron chi connectivity index (χ3n) is 4.41. The molecule has 0 amide bonds. The Morgan fingerprint density at radius 3 is 2.58 bits per heavy atom. The van der Waals surface area contributed by atoms with Crippen molar-refractivity contribution in [1.29, 1.82) is 0 Å². The summed E-state index contributed by atoms with van der Waals surface area (Å²) in [6.07, 6.45) is 2.54. The fourth-order valence-electron chi connectivity index (χ4n) is 3.18. The first-order valence-electron chi connectivity index (χ1n) is 8.46. The van der Waals surface area contributed by atoms with Crippen molar-refractivity contribution in [2.75, 3.05) is 12.3 Å². The smallest absolute Gasteiger partial charge is 0.338 e. The number of hydrogen-bond donors (Lipinski definition) is 1. The van der Waals surface area contributed by atoms with Gasteiger partial charge in [0.25, 0.3) is 0 Å². The van der Waals surface area contributed by atoms with E-state index < -0.39 is 5.97 Å². The summed E-state index contributed by atoms with van der Waals surface area (Å²) >= 11 is 0. The summed E-state index contributed by atoms with van der Waals surface area (Å²) in [6, 6.07) is 12.1. The van der Waals surface area contributed by atoms with E-state index in [9.17, 15) is 9.59 Å². The van der Waals surface area contributed by atoms with Crippen LogP contribution >= 0.6 is 12.4 Å². The number of nitrogens with two attached hydrogens (primary N) is 1. The largest absolute Gasteiger partial charge is 0.462 e. The van der Waals surface area contributed by atoms with Gasteiger partial charge in [0.15, 0.2) is 0 Å². The van der Waals surface area contributed by atoms with Gasteiger partial charge in [-0.2, -0.15) is 0 Å². The number of hydrogen-bond acceptors (Lipinski definition) is 5. The zero-order valence-corrected chi connectivity index (χ0v) is 15.4. The van der Waals surface area contributed by atoms with Gasteiger partial charge >= 0.3 is 11.9 Å². The Labute approximate surface area is 158 Å². The minimum Gasteiger partial charge on any atom is -0.462 e. The van der Waals surface area contributed by atoms with Crippen LogP contribution in [0, 0.1) is 0 Å². The molecule has 2 aromatic carbocycles. The summed E-state index contributed by atoms with van der Waals surface area (Å²) in [7, 11) is 0. The Hall–Kier alpha value is -2.53. The minimum absolute atomic E-state index is 0. The van der Waals surface area contributed by atoms with Crippen molar-refractivity contribution in [3.8, 4) is 5.75 Å². The SMILES string of the molecule is CCOC(=O)c1ccc(OC(=O)C2CCCc3c(N)cccc32)cc1.Cl. The average molecular weight is 376 g/mol. The van der Waals surface area contributed by atoms with Gasteiger partial charge in [-0.3, -0.25) is 4.79 Å². The summed E-state index contributed by atoms with van der Waals surface area (Å²) in [5.41, 5.74) is 9.20. The van der Waals surface area contributed by atoms with Crippen LogP contribution in [0.5, 0.6) is 5.75 Å². The van der Waals surface area contributed by atoms with Crippen LogP contribution in [-0.2, 0) is 16.0 Å². The van der Waals surface area contributed by atoms with Crippen molar-refractivity contribution in [2.24, 2.45) is 0 Å². The predicted octanol–water partition coefficient (Wildman–Crippen LogP) is 3.89. The Bertz CT molecular complexity index is 789. The predicted molar refractivity (Wildman–Crippen MR) is 102 cm³/mol. The summed E-state index contributed by atoms with van der Waals surface area (Å²) in [6.45, 7) is 2.07. The molecule has 26 heavy (non-hydrogen) atoms. The van der Waals surface area contributed by atoms with Gasteiger partial charge in [-0.05, 0) is 67.6 Å². The Morgan fingerprint density at radius 2 is 1.88 bits per heavy atom. The molecule has 0 fully saturated rings. The normalized spacial score (nSPS) is 15.3. The molecule has 0 radical (unpaired) electrons. The molecule has 0 bridgehead atoms. The molecule has 1 atom stereocenters. The first kappa shape index (κ1) is 19.8. The second-order valence-corrected chi connectivity index (χ2v) is 6.03. The van der Waals surface area contributed by atoms with Crippen LogP contribution < -0.4 is 10.5 Å². The number of nitrogen functional groups attached to an aromatic ring is 1. The van der Waals surface area contributed by atoms with Crippen LogP contribution in [0.1, 0.15) is 47.2 Å². The van der Waals surface area contributed by atoms with E-state index in [0.29, 0.717) is 17.9 Å². The molecule has 0 heterocycles. The standard InChI is InChI=1S/C20H21NO4.ClH/c1-2-24-19(22)13-9-11-14(12-10-13)25-20(23)17-7-3-6-16-15(17)5-4-8-18(16)21;/h4-5,8-12,17H,2-3,6-7,21H2,1H3;1H. The lowest BCUT2D eigenvalue weighted by Crippen LogP contribution is -2.23. The molecule has 2 N–H and O–H groups in total. The van der Waals surface area contributed by atoms with E-state index >= 15 is 0 Å². The minimum atomic E-state index is -0.392. The maximum atomic E-state index is 12.6. The molecule has 1 aliphatic carbocycles. The van der Waals surface area contributed by atoms with Crippen molar-refractivity contribution in [2.45, 2.75) is 32.1 Å². The number of carbonyl (C=O) groups is 2. The molecular weight excluding hydrogens is 354 g/mol. The zero-order valence-electron chi connectivity index (χ0n) is 14.6. The monoisotopic (exact) mass is 375 g/mol. The molecule has 1 aliphatic rings. The Morgan fingerprint density at radius 1 is 1.15 bits per heavy atom. The van der Waals surface area contributed by atoms with E-state index in [1.54, 1.807) is 31.2 Å². The van der Waals surface area contributed by atoms with Crippen LogP contribution in [0.3, 0.4) is 0 Å². The van der Waals surface area contributed by atoms with Crippen LogP contribution in [0.15, 0.2) is 42.5 Å². The van der Waals surface area contributed by atoms with Gasteiger partial charge in [0, 0.05) is 5.69 Å². The van der Waals surface area contributed by atoms with Crippen molar-refractivity contribution in [3.63, 3.8) is 0 Å². The molecule has 0 spiro atoms. The molecule has 6 heteroatoms. The fourth-order valence-corrected chi connectivity index (χ4v) is 3.18. The summed E-state index contributed by atoms with van der Waals surface area (Å²) in [5.74, 6) is -0.585. The third kappa shape index (κ3) is 4.17. The van der Waals surface area contributed by atoms with E-state index in [1.807, 2.05) is 18.2 Å². The van der Waals surface area contributed by atoms with Crippen molar-refractivity contribution in [3.05, 3.63) is 59.2 Å². The van der Waals surface area contributed by atoms with Gasteiger partial charge in [-0.25, -0.2) is 4.79 Å². The van der Waals surface area contributed by atoms with E-state index in [-0.39, 0.29) is 24.3 Å². The van der Waals surface area contributed by atoms with Gasteiger partial charge in [-0.15, -0.1) is 12.4 Å². The van der Waals surface area contributed by atoms with Crippen LogP contribution in [-0.4, -0.2) is 18.5 Å². The topological polar surface area (TPSA) is 78.6 Å². The quantitative estimate of drug-likeness (QED) is 0.498.